The van der Waals surface area contributed by atoms with Crippen LogP contribution in [0.1, 0.15) is 19.3 Å². The molecule has 0 spiro atoms. The van der Waals surface area contributed by atoms with Gasteiger partial charge in [-0.3, -0.25) is 0 Å². The Morgan fingerprint density at radius 2 is 1.53 bits per heavy atom. The topological polar surface area (TPSA) is 0 Å². The van der Waals surface area contributed by atoms with E-state index in [-0.39, 0.29) is 0 Å². The molecule has 2 aromatic carbocycles. The molecule has 96 valence electrons. The van der Waals surface area contributed by atoms with E-state index >= 15 is 0 Å². The summed E-state index contributed by atoms with van der Waals surface area (Å²) in [6.07, 6.45) is 8.45. The molecule has 0 aliphatic heterocycles. The summed E-state index contributed by atoms with van der Waals surface area (Å²) in [4.78, 5) is 1.33. The van der Waals surface area contributed by atoms with Gasteiger partial charge in [0.15, 0.2) is 0 Å². The fourth-order valence-corrected chi connectivity index (χ4v) is 2.81. The van der Waals surface area contributed by atoms with Crippen LogP contribution in [0, 0.1) is 12.3 Å². The Kier molecular flexibility index (Phi) is 5.59. The lowest BCUT2D eigenvalue weighted by Crippen LogP contribution is -1.81. The van der Waals surface area contributed by atoms with E-state index in [1.165, 1.54) is 22.4 Å². The van der Waals surface area contributed by atoms with Crippen LogP contribution in [-0.2, 0) is 0 Å². The second kappa shape index (κ2) is 7.71. The molecule has 2 aromatic rings. The van der Waals surface area contributed by atoms with Gasteiger partial charge in [-0.05, 0) is 41.9 Å². The van der Waals surface area contributed by atoms with E-state index < -0.39 is 0 Å². The highest BCUT2D eigenvalue weighted by Gasteiger charge is 1.98. The molecule has 1 heteroatoms. The molecule has 0 radical (unpaired) electrons. The zero-order chi connectivity index (χ0) is 13.3. The third kappa shape index (κ3) is 4.50. The molecule has 0 atom stereocenters. The van der Waals surface area contributed by atoms with Crippen molar-refractivity contribution in [3.63, 3.8) is 0 Å². The van der Waals surface area contributed by atoms with Gasteiger partial charge in [-0.2, -0.15) is 0 Å². The minimum absolute atomic E-state index is 0.896. The van der Waals surface area contributed by atoms with Crippen LogP contribution in [0.5, 0.6) is 0 Å². The number of thioether (sulfide) groups is 1. The molecule has 0 fully saturated rings. The van der Waals surface area contributed by atoms with Gasteiger partial charge < -0.3 is 0 Å². The van der Waals surface area contributed by atoms with E-state index in [4.69, 9.17) is 6.42 Å². The number of hydrogen-bond donors (Lipinski definition) is 0. The van der Waals surface area contributed by atoms with Crippen molar-refractivity contribution >= 4 is 11.8 Å². The summed E-state index contributed by atoms with van der Waals surface area (Å²) in [5, 5.41) is 0. The van der Waals surface area contributed by atoms with Crippen LogP contribution in [0.25, 0.3) is 11.1 Å². The molecule has 0 nitrogen and oxygen atoms in total. The molecular formula is C18H18S. The maximum Gasteiger partial charge on any atom is 0.00863 e. The smallest absolute Gasteiger partial charge is 0.00863 e. The van der Waals surface area contributed by atoms with Crippen LogP contribution in [0.15, 0.2) is 59.5 Å². The predicted octanol–water partition coefficient (Wildman–Crippen LogP) is 5.25. The summed E-state index contributed by atoms with van der Waals surface area (Å²) in [6.45, 7) is 0. The summed E-state index contributed by atoms with van der Waals surface area (Å²) in [5.41, 5.74) is 2.55. The maximum absolute atomic E-state index is 5.24. The zero-order valence-electron chi connectivity index (χ0n) is 11.0. The molecule has 0 aliphatic carbocycles. The number of benzene rings is 2. The Morgan fingerprint density at radius 1 is 0.842 bits per heavy atom. The first-order chi connectivity index (χ1) is 9.40. The Bertz CT molecular complexity index is 520. The highest BCUT2D eigenvalue weighted by Crippen LogP contribution is 2.24. The van der Waals surface area contributed by atoms with E-state index in [1.807, 2.05) is 17.8 Å². The lowest BCUT2D eigenvalue weighted by atomic mass is 10.1. The fraction of sp³-hybridized carbons (Fsp3) is 0.222. The molecule has 0 bridgehead atoms. The summed E-state index contributed by atoms with van der Waals surface area (Å²) in [6, 6.07) is 19.3. The molecule has 0 saturated heterocycles. The second-order valence-electron chi connectivity index (χ2n) is 4.40. The number of terminal acetylenes is 1. The van der Waals surface area contributed by atoms with Gasteiger partial charge in [0.1, 0.15) is 0 Å². The average molecular weight is 266 g/mol. The van der Waals surface area contributed by atoms with Crippen molar-refractivity contribution in [1.29, 1.82) is 0 Å². The monoisotopic (exact) mass is 266 g/mol. The highest BCUT2D eigenvalue weighted by atomic mass is 32.2. The lowest BCUT2D eigenvalue weighted by molar-refractivity contribution is 0.837. The summed E-state index contributed by atoms with van der Waals surface area (Å²) >= 11 is 1.91. The third-order valence-electron chi connectivity index (χ3n) is 2.95. The van der Waals surface area contributed by atoms with Gasteiger partial charge in [-0.1, -0.05) is 42.5 Å². The van der Waals surface area contributed by atoms with Crippen LogP contribution < -0.4 is 0 Å². The van der Waals surface area contributed by atoms with Gasteiger partial charge in [0.05, 0.1) is 0 Å². The normalized spacial score (nSPS) is 10.1. The average Bonchev–Trinajstić information content (AvgIpc) is 2.49. The van der Waals surface area contributed by atoms with Crippen molar-refractivity contribution in [2.24, 2.45) is 0 Å². The first-order valence-electron chi connectivity index (χ1n) is 6.62. The van der Waals surface area contributed by atoms with Crippen molar-refractivity contribution in [3.8, 4) is 23.5 Å². The van der Waals surface area contributed by atoms with Gasteiger partial charge in [0.25, 0.3) is 0 Å². The molecule has 0 N–H and O–H groups in total. The van der Waals surface area contributed by atoms with E-state index in [2.05, 4.69) is 54.5 Å². The molecule has 0 aliphatic rings. The minimum atomic E-state index is 0.896. The van der Waals surface area contributed by atoms with Gasteiger partial charge in [0.2, 0.25) is 0 Å². The van der Waals surface area contributed by atoms with Crippen molar-refractivity contribution in [2.75, 3.05) is 5.75 Å². The van der Waals surface area contributed by atoms with Gasteiger partial charge in [-0.15, -0.1) is 24.1 Å². The van der Waals surface area contributed by atoms with Crippen molar-refractivity contribution < 1.29 is 0 Å². The lowest BCUT2D eigenvalue weighted by Gasteiger charge is -2.04. The maximum atomic E-state index is 5.24. The first kappa shape index (κ1) is 13.8. The third-order valence-corrected chi connectivity index (χ3v) is 4.04. The molecule has 0 aromatic heterocycles. The second-order valence-corrected chi connectivity index (χ2v) is 5.57. The minimum Gasteiger partial charge on any atom is -0.126 e. The Labute approximate surface area is 120 Å². The highest BCUT2D eigenvalue weighted by molar-refractivity contribution is 7.99. The summed E-state index contributed by atoms with van der Waals surface area (Å²) in [7, 11) is 0. The molecule has 2 rings (SSSR count). The molecule has 0 heterocycles. The SMILES string of the molecule is C#CCCCCSc1ccc(-c2ccccc2)cc1. The van der Waals surface area contributed by atoms with E-state index in [1.54, 1.807) is 0 Å². The predicted molar refractivity (Wildman–Crippen MR) is 85.3 cm³/mol. The quantitative estimate of drug-likeness (QED) is 0.391. The van der Waals surface area contributed by atoms with Gasteiger partial charge >= 0.3 is 0 Å². The summed E-state index contributed by atoms with van der Waals surface area (Å²) in [5.74, 6) is 3.83. The van der Waals surface area contributed by atoms with Crippen molar-refractivity contribution in [2.45, 2.75) is 24.2 Å². The van der Waals surface area contributed by atoms with Crippen molar-refractivity contribution in [3.05, 3.63) is 54.6 Å². The molecule has 0 saturated carbocycles. The fourth-order valence-electron chi connectivity index (χ4n) is 1.89. The summed E-state index contributed by atoms with van der Waals surface area (Å²) < 4.78 is 0. The van der Waals surface area contributed by atoms with E-state index in [0.29, 0.717) is 0 Å². The molecule has 0 unspecified atom stereocenters. The van der Waals surface area contributed by atoms with Crippen LogP contribution in [0.4, 0.5) is 0 Å². The Balaban J connectivity index is 1.87. The van der Waals surface area contributed by atoms with Crippen LogP contribution >= 0.6 is 11.8 Å². The largest absolute Gasteiger partial charge is 0.126 e. The van der Waals surface area contributed by atoms with Crippen LogP contribution in [0.3, 0.4) is 0 Å². The molecule has 0 amide bonds. The Hall–Kier alpha value is -1.65. The molecular weight excluding hydrogens is 248 g/mol. The number of rotatable bonds is 6. The van der Waals surface area contributed by atoms with Crippen LogP contribution in [-0.4, -0.2) is 5.75 Å². The number of unbranched alkanes of at least 4 members (excludes halogenated alkanes) is 2. The van der Waals surface area contributed by atoms with Gasteiger partial charge in [0, 0.05) is 11.3 Å². The van der Waals surface area contributed by atoms with E-state index in [0.717, 1.165) is 18.6 Å². The zero-order valence-corrected chi connectivity index (χ0v) is 11.8. The van der Waals surface area contributed by atoms with Gasteiger partial charge in [-0.25, -0.2) is 0 Å². The Morgan fingerprint density at radius 3 is 2.21 bits per heavy atom. The first-order valence-corrected chi connectivity index (χ1v) is 7.60. The van der Waals surface area contributed by atoms with Crippen molar-refractivity contribution in [1.82, 2.24) is 0 Å². The molecule has 19 heavy (non-hydrogen) atoms. The standard InChI is InChI=1S/C18H18S/c1-2-3-4-8-15-19-18-13-11-17(12-14-18)16-9-6-5-7-10-16/h1,5-7,9-14H,3-4,8,15H2. The van der Waals surface area contributed by atoms with Crippen LogP contribution in [0.2, 0.25) is 0 Å². The van der Waals surface area contributed by atoms with E-state index in [9.17, 15) is 0 Å². The number of hydrogen-bond acceptors (Lipinski definition) is 1.